The summed E-state index contributed by atoms with van der Waals surface area (Å²) >= 11 is 3.32. The maximum absolute atomic E-state index is 4.12. The average molecular weight is 215 g/mol. The van der Waals surface area contributed by atoms with Gasteiger partial charge in [-0.25, -0.2) is 0 Å². The lowest BCUT2D eigenvalue weighted by atomic mass is 10.2. The van der Waals surface area contributed by atoms with Gasteiger partial charge in [0.15, 0.2) is 0 Å². The summed E-state index contributed by atoms with van der Waals surface area (Å²) in [7, 11) is 1.95. The van der Waals surface area contributed by atoms with E-state index in [2.05, 4.69) is 40.1 Å². The molecule has 3 heteroatoms. The van der Waals surface area contributed by atoms with Crippen LogP contribution in [0.15, 0.2) is 12.3 Å². The third kappa shape index (κ3) is 1.93. The molecule has 0 unspecified atom stereocenters. The summed E-state index contributed by atoms with van der Waals surface area (Å²) in [6, 6.07) is 0. The van der Waals surface area contributed by atoms with Crippen molar-refractivity contribution >= 4 is 22.0 Å². The highest BCUT2D eigenvalue weighted by Crippen LogP contribution is 2.07. The molecule has 0 aliphatic rings. The number of aromatic nitrogens is 2. The van der Waals surface area contributed by atoms with Crippen LogP contribution in [0, 0.1) is 6.92 Å². The van der Waals surface area contributed by atoms with E-state index in [9.17, 15) is 0 Å². The van der Waals surface area contributed by atoms with Crippen molar-refractivity contribution < 1.29 is 0 Å². The Kier molecular flexibility index (Phi) is 2.88. The zero-order valence-electron chi connectivity index (χ0n) is 6.71. The number of hydrogen-bond acceptors (Lipinski definition) is 1. The molecule has 0 fully saturated rings. The van der Waals surface area contributed by atoms with Crippen molar-refractivity contribution in [3.63, 3.8) is 0 Å². The third-order valence-corrected chi connectivity index (χ3v) is 2.03. The summed E-state index contributed by atoms with van der Waals surface area (Å²) in [5, 5.41) is 5.01. The van der Waals surface area contributed by atoms with Gasteiger partial charge in [0.05, 0.1) is 6.20 Å². The molecule has 1 aromatic heterocycles. The molecule has 0 spiro atoms. The molecule has 0 radical (unpaired) electrons. The van der Waals surface area contributed by atoms with Crippen LogP contribution in [0.25, 0.3) is 6.08 Å². The van der Waals surface area contributed by atoms with Gasteiger partial charge in [0, 0.05) is 23.6 Å². The van der Waals surface area contributed by atoms with Crippen LogP contribution in [0.4, 0.5) is 0 Å². The zero-order valence-corrected chi connectivity index (χ0v) is 8.30. The van der Waals surface area contributed by atoms with Crippen molar-refractivity contribution in [2.45, 2.75) is 6.92 Å². The minimum atomic E-state index is 0.890. The van der Waals surface area contributed by atoms with Gasteiger partial charge in [-0.05, 0) is 6.92 Å². The fourth-order valence-corrected chi connectivity index (χ4v) is 1.04. The number of nitrogens with zero attached hydrogens (tertiary/aromatic N) is 2. The molecule has 0 aliphatic heterocycles. The predicted molar refractivity (Wildman–Crippen MR) is 50.8 cm³/mol. The minimum absolute atomic E-state index is 0.890. The van der Waals surface area contributed by atoms with Crippen LogP contribution in [0.3, 0.4) is 0 Å². The molecule has 1 rings (SSSR count). The van der Waals surface area contributed by atoms with Crippen molar-refractivity contribution in [3.8, 4) is 0 Å². The second-order valence-corrected chi connectivity index (χ2v) is 3.01. The van der Waals surface area contributed by atoms with Gasteiger partial charge in [-0.2, -0.15) is 5.10 Å². The van der Waals surface area contributed by atoms with E-state index in [1.807, 2.05) is 17.9 Å². The first-order valence-electron chi connectivity index (χ1n) is 3.47. The van der Waals surface area contributed by atoms with Crippen LogP contribution in [0.5, 0.6) is 0 Å². The topological polar surface area (TPSA) is 17.8 Å². The smallest absolute Gasteiger partial charge is 0.0564 e. The van der Waals surface area contributed by atoms with Gasteiger partial charge in [0.25, 0.3) is 0 Å². The fraction of sp³-hybridized carbons (Fsp3) is 0.375. The summed E-state index contributed by atoms with van der Waals surface area (Å²) in [5.74, 6) is 0. The summed E-state index contributed by atoms with van der Waals surface area (Å²) in [6.07, 6.45) is 6.00. The molecule has 60 valence electrons. The minimum Gasteiger partial charge on any atom is -0.272 e. The lowest BCUT2D eigenvalue weighted by molar-refractivity contribution is 0.740. The molecular weight excluding hydrogens is 204 g/mol. The molecule has 0 bridgehead atoms. The Morgan fingerprint density at radius 1 is 1.73 bits per heavy atom. The molecule has 0 amide bonds. The first-order valence-corrected chi connectivity index (χ1v) is 4.59. The maximum atomic E-state index is 4.12. The summed E-state index contributed by atoms with van der Waals surface area (Å²) in [5.41, 5.74) is 2.38. The summed E-state index contributed by atoms with van der Waals surface area (Å²) in [6.45, 7) is 2.06. The van der Waals surface area contributed by atoms with Crippen LogP contribution in [0.2, 0.25) is 0 Å². The highest BCUT2D eigenvalue weighted by Gasteiger charge is 1.97. The molecule has 2 nitrogen and oxygen atoms in total. The Morgan fingerprint density at radius 3 is 2.91 bits per heavy atom. The normalized spacial score (nSPS) is 11.2. The molecular formula is C8H11BrN2. The number of hydrogen-bond donors (Lipinski definition) is 0. The molecule has 11 heavy (non-hydrogen) atoms. The second kappa shape index (κ2) is 3.72. The van der Waals surface area contributed by atoms with Crippen LogP contribution >= 0.6 is 15.9 Å². The van der Waals surface area contributed by atoms with E-state index in [0.29, 0.717) is 0 Å². The van der Waals surface area contributed by atoms with E-state index < -0.39 is 0 Å². The number of halogens is 1. The van der Waals surface area contributed by atoms with Crippen molar-refractivity contribution in [2.75, 3.05) is 5.33 Å². The summed E-state index contributed by atoms with van der Waals surface area (Å²) < 4.78 is 1.87. The predicted octanol–water partition coefficient (Wildman–Crippen LogP) is 2.14. The highest BCUT2D eigenvalue weighted by atomic mass is 79.9. The third-order valence-electron chi connectivity index (χ3n) is 1.66. The van der Waals surface area contributed by atoms with Crippen molar-refractivity contribution in [1.29, 1.82) is 0 Å². The van der Waals surface area contributed by atoms with Gasteiger partial charge in [-0.1, -0.05) is 28.1 Å². The Morgan fingerprint density at radius 2 is 2.45 bits per heavy atom. The van der Waals surface area contributed by atoms with Gasteiger partial charge < -0.3 is 0 Å². The van der Waals surface area contributed by atoms with E-state index in [0.717, 1.165) is 5.33 Å². The van der Waals surface area contributed by atoms with E-state index in [-0.39, 0.29) is 0 Å². The van der Waals surface area contributed by atoms with Crippen LogP contribution in [0.1, 0.15) is 11.3 Å². The Hall–Kier alpha value is -0.570. The monoisotopic (exact) mass is 214 g/mol. The standard InChI is InChI=1S/C8H11BrN2/c1-7-8(4-3-5-9)6-10-11(7)2/h3-4,6H,5H2,1-2H3. The molecule has 1 aromatic rings. The number of aryl methyl sites for hydroxylation is 1. The second-order valence-electron chi connectivity index (χ2n) is 2.37. The summed E-state index contributed by atoms with van der Waals surface area (Å²) in [4.78, 5) is 0. The lowest BCUT2D eigenvalue weighted by Crippen LogP contribution is -1.92. The van der Waals surface area contributed by atoms with Crippen molar-refractivity contribution in [1.82, 2.24) is 9.78 Å². The van der Waals surface area contributed by atoms with Crippen LogP contribution < -0.4 is 0 Å². The van der Waals surface area contributed by atoms with E-state index in [4.69, 9.17) is 0 Å². The molecule has 0 aliphatic carbocycles. The molecule has 0 aromatic carbocycles. The van der Waals surface area contributed by atoms with Crippen molar-refractivity contribution in [2.24, 2.45) is 7.05 Å². The van der Waals surface area contributed by atoms with E-state index in [1.165, 1.54) is 11.3 Å². The Labute approximate surface area is 75.0 Å². The fourth-order valence-electron chi connectivity index (χ4n) is 0.851. The SMILES string of the molecule is Cc1c(C=CCBr)cnn1C. The Balaban J connectivity index is 2.87. The van der Waals surface area contributed by atoms with Gasteiger partial charge >= 0.3 is 0 Å². The van der Waals surface area contributed by atoms with Crippen LogP contribution in [-0.4, -0.2) is 15.1 Å². The van der Waals surface area contributed by atoms with Crippen molar-refractivity contribution in [3.05, 3.63) is 23.5 Å². The first-order chi connectivity index (χ1) is 5.25. The van der Waals surface area contributed by atoms with Gasteiger partial charge in [-0.15, -0.1) is 0 Å². The van der Waals surface area contributed by atoms with Crippen LogP contribution in [-0.2, 0) is 7.05 Å². The largest absolute Gasteiger partial charge is 0.272 e. The number of rotatable bonds is 2. The van der Waals surface area contributed by atoms with Gasteiger partial charge in [0.2, 0.25) is 0 Å². The molecule has 0 N–H and O–H groups in total. The Bertz CT molecular complexity index is 263. The lowest BCUT2D eigenvalue weighted by Gasteiger charge is -1.92. The molecule has 0 atom stereocenters. The number of allylic oxidation sites excluding steroid dienone is 1. The van der Waals surface area contributed by atoms with Gasteiger partial charge in [0.1, 0.15) is 0 Å². The highest BCUT2D eigenvalue weighted by molar-refractivity contribution is 9.09. The maximum Gasteiger partial charge on any atom is 0.0564 e. The average Bonchev–Trinajstić information content (AvgIpc) is 2.31. The molecule has 0 saturated heterocycles. The molecule has 1 heterocycles. The van der Waals surface area contributed by atoms with E-state index in [1.54, 1.807) is 0 Å². The van der Waals surface area contributed by atoms with Gasteiger partial charge in [-0.3, -0.25) is 4.68 Å². The van der Waals surface area contributed by atoms with E-state index >= 15 is 0 Å². The number of alkyl halides is 1. The quantitative estimate of drug-likeness (QED) is 0.691. The molecule has 0 saturated carbocycles. The zero-order chi connectivity index (χ0) is 8.27. The first kappa shape index (κ1) is 8.53.